The monoisotopic (exact) mass is 327 g/mol. The van der Waals surface area contributed by atoms with Gasteiger partial charge in [-0.1, -0.05) is 42.5 Å². The van der Waals surface area contributed by atoms with Crippen LogP contribution in [0.3, 0.4) is 0 Å². The summed E-state index contributed by atoms with van der Waals surface area (Å²) >= 11 is 1.67. The Labute approximate surface area is 140 Å². The molecule has 1 amide bonds. The van der Waals surface area contributed by atoms with Crippen LogP contribution in [0.5, 0.6) is 0 Å². The Morgan fingerprint density at radius 2 is 2.04 bits per heavy atom. The highest BCUT2D eigenvalue weighted by Gasteiger charge is 2.39. The number of hydrogen-bond acceptors (Lipinski definition) is 2. The van der Waals surface area contributed by atoms with Crippen molar-refractivity contribution in [2.45, 2.75) is 31.2 Å². The van der Waals surface area contributed by atoms with Gasteiger partial charge >= 0.3 is 6.09 Å². The number of benzene rings is 1. The van der Waals surface area contributed by atoms with Crippen molar-refractivity contribution in [1.29, 1.82) is 0 Å². The number of thiophene rings is 1. The fourth-order valence-corrected chi connectivity index (χ4v) is 3.95. The molecular weight excluding hydrogens is 306 g/mol. The van der Waals surface area contributed by atoms with E-state index < -0.39 is 11.6 Å². The summed E-state index contributed by atoms with van der Waals surface area (Å²) in [5.74, 6) is 0. The maximum absolute atomic E-state index is 11.8. The number of carbonyl (C=O) groups is 1. The molecule has 23 heavy (non-hydrogen) atoms. The van der Waals surface area contributed by atoms with Gasteiger partial charge in [0.05, 0.1) is 5.54 Å². The molecule has 1 aliphatic rings. The fourth-order valence-electron chi connectivity index (χ4n) is 3.33. The molecule has 3 nitrogen and oxygen atoms in total. The predicted molar refractivity (Wildman–Crippen MR) is 94.8 cm³/mol. The lowest BCUT2D eigenvalue weighted by Crippen LogP contribution is -2.54. The highest BCUT2D eigenvalue weighted by Crippen LogP contribution is 2.34. The van der Waals surface area contributed by atoms with E-state index >= 15 is 0 Å². The minimum Gasteiger partial charge on any atom is -0.465 e. The zero-order valence-electron chi connectivity index (χ0n) is 13.0. The quantitative estimate of drug-likeness (QED) is 0.867. The first kappa shape index (κ1) is 15.8. The second-order valence-electron chi connectivity index (χ2n) is 6.01. The van der Waals surface area contributed by atoms with Crippen LogP contribution in [0.2, 0.25) is 0 Å². The van der Waals surface area contributed by atoms with Crippen LogP contribution >= 0.6 is 11.3 Å². The Hall–Kier alpha value is -2.07. The molecule has 1 N–H and O–H groups in total. The van der Waals surface area contributed by atoms with Gasteiger partial charge in [-0.25, -0.2) is 4.79 Å². The zero-order valence-corrected chi connectivity index (χ0v) is 13.8. The fraction of sp³-hybridized carbons (Fsp3) is 0.316. The molecule has 0 spiro atoms. The zero-order chi connectivity index (χ0) is 16.1. The van der Waals surface area contributed by atoms with E-state index in [9.17, 15) is 9.90 Å². The summed E-state index contributed by atoms with van der Waals surface area (Å²) in [5.41, 5.74) is 0.728. The smallest absolute Gasteiger partial charge is 0.408 e. The van der Waals surface area contributed by atoms with Gasteiger partial charge in [-0.05, 0) is 48.8 Å². The van der Waals surface area contributed by atoms with E-state index in [1.807, 2.05) is 29.6 Å². The molecule has 1 aromatic carbocycles. The van der Waals surface area contributed by atoms with Gasteiger partial charge in [0.15, 0.2) is 0 Å². The molecule has 0 saturated carbocycles. The largest absolute Gasteiger partial charge is 0.465 e. The Kier molecular flexibility index (Phi) is 4.82. The van der Waals surface area contributed by atoms with Gasteiger partial charge < -0.3 is 5.11 Å². The molecule has 3 rings (SSSR count). The molecule has 120 valence electrons. The van der Waals surface area contributed by atoms with Gasteiger partial charge in [0.1, 0.15) is 0 Å². The molecule has 1 aliphatic heterocycles. The second-order valence-corrected chi connectivity index (χ2v) is 6.99. The summed E-state index contributed by atoms with van der Waals surface area (Å²) in [7, 11) is 0. The predicted octanol–water partition coefficient (Wildman–Crippen LogP) is 4.91. The van der Waals surface area contributed by atoms with Gasteiger partial charge in [0.25, 0.3) is 0 Å². The van der Waals surface area contributed by atoms with Crippen LogP contribution < -0.4 is 0 Å². The summed E-state index contributed by atoms with van der Waals surface area (Å²) in [6, 6.07) is 14.3. The molecule has 1 aromatic heterocycles. The minimum atomic E-state index is -0.823. The third kappa shape index (κ3) is 3.64. The Balaban J connectivity index is 1.95. The van der Waals surface area contributed by atoms with Crippen LogP contribution in [0.15, 0.2) is 53.9 Å². The van der Waals surface area contributed by atoms with E-state index in [1.165, 1.54) is 5.56 Å². The minimum absolute atomic E-state index is 0.449. The van der Waals surface area contributed by atoms with Crippen molar-refractivity contribution in [3.05, 3.63) is 64.4 Å². The highest BCUT2D eigenvalue weighted by atomic mass is 32.1. The molecule has 2 heterocycles. The molecular formula is C19H21NO2S. The highest BCUT2D eigenvalue weighted by molar-refractivity contribution is 7.10. The molecule has 1 saturated heterocycles. The molecule has 4 heteroatoms. The Morgan fingerprint density at radius 3 is 2.74 bits per heavy atom. The topological polar surface area (TPSA) is 40.5 Å². The van der Waals surface area contributed by atoms with Crippen molar-refractivity contribution < 1.29 is 9.90 Å². The van der Waals surface area contributed by atoms with Crippen molar-refractivity contribution in [3.8, 4) is 0 Å². The van der Waals surface area contributed by atoms with Gasteiger partial charge in [-0.2, -0.15) is 0 Å². The van der Waals surface area contributed by atoms with Gasteiger partial charge in [0, 0.05) is 11.4 Å². The van der Waals surface area contributed by atoms with Crippen LogP contribution in [0.25, 0.3) is 6.08 Å². The normalized spacial score (nSPS) is 21.7. The molecule has 1 atom stereocenters. The first-order valence-electron chi connectivity index (χ1n) is 7.97. The SMILES string of the molecule is O=C(O)N1CCCC[C@@]1(/C=C/c1cccs1)Cc1ccccc1. The molecule has 0 bridgehead atoms. The first-order chi connectivity index (χ1) is 11.2. The van der Waals surface area contributed by atoms with E-state index in [4.69, 9.17) is 0 Å². The maximum Gasteiger partial charge on any atom is 0.408 e. The lowest BCUT2D eigenvalue weighted by molar-refractivity contribution is 0.0738. The molecule has 0 radical (unpaired) electrons. The summed E-state index contributed by atoms with van der Waals surface area (Å²) in [6.45, 7) is 0.608. The summed E-state index contributed by atoms with van der Waals surface area (Å²) < 4.78 is 0. The number of rotatable bonds is 4. The average Bonchev–Trinajstić information content (AvgIpc) is 3.08. The number of carboxylic acid groups (broad SMARTS) is 1. The standard InChI is InChI=1S/C19H21NO2S/c21-18(22)20-13-5-4-11-19(20,12-10-17-9-6-14-23-17)15-16-7-2-1-3-8-16/h1-3,6-10,12,14H,4-5,11,13,15H2,(H,21,22)/b12-10+/t19-/m1/s1. The van der Waals surface area contributed by atoms with Crippen LogP contribution in [0.1, 0.15) is 29.7 Å². The van der Waals surface area contributed by atoms with Gasteiger partial charge in [0.2, 0.25) is 0 Å². The first-order valence-corrected chi connectivity index (χ1v) is 8.85. The summed E-state index contributed by atoms with van der Waals surface area (Å²) in [4.78, 5) is 14.6. The molecule has 2 aromatic rings. The lowest BCUT2D eigenvalue weighted by Gasteiger charge is -2.44. The number of nitrogens with zero attached hydrogens (tertiary/aromatic N) is 1. The molecule has 0 aliphatic carbocycles. The number of amides is 1. The van der Waals surface area contributed by atoms with Gasteiger partial charge in [-0.3, -0.25) is 4.90 Å². The maximum atomic E-state index is 11.8. The van der Waals surface area contributed by atoms with E-state index in [1.54, 1.807) is 16.2 Å². The van der Waals surface area contributed by atoms with Crippen molar-refractivity contribution in [1.82, 2.24) is 4.90 Å². The van der Waals surface area contributed by atoms with Crippen LogP contribution in [-0.4, -0.2) is 28.2 Å². The number of piperidine rings is 1. The van der Waals surface area contributed by atoms with E-state index in [0.717, 1.165) is 30.6 Å². The van der Waals surface area contributed by atoms with Gasteiger partial charge in [-0.15, -0.1) is 11.3 Å². The third-order valence-corrected chi connectivity index (χ3v) is 5.30. The van der Waals surface area contributed by atoms with Crippen molar-refractivity contribution in [3.63, 3.8) is 0 Å². The second kappa shape index (κ2) is 7.01. The van der Waals surface area contributed by atoms with Crippen LogP contribution in [-0.2, 0) is 6.42 Å². The Morgan fingerprint density at radius 1 is 1.22 bits per heavy atom. The third-order valence-electron chi connectivity index (χ3n) is 4.46. The Bertz CT molecular complexity index is 666. The van der Waals surface area contributed by atoms with Crippen LogP contribution in [0, 0.1) is 0 Å². The lowest BCUT2D eigenvalue weighted by atomic mass is 9.81. The van der Waals surface area contributed by atoms with E-state index in [0.29, 0.717) is 6.54 Å². The molecule has 1 fully saturated rings. The number of hydrogen-bond donors (Lipinski definition) is 1. The number of likely N-dealkylation sites (tertiary alicyclic amines) is 1. The van der Waals surface area contributed by atoms with Crippen molar-refractivity contribution in [2.75, 3.05) is 6.54 Å². The van der Waals surface area contributed by atoms with E-state index in [2.05, 4.69) is 30.4 Å². The van der Waals surface area contributed by atoms with E-state index in [-0.39, 0.29) is 0 Å². The van der Waals surface area contributed by atoms with Crippen molar-refractivity contribution in [2.24, 2.45) is 0 Å². The van der Waals surface area contributed by atoms with Crippen LogP contribution in [0.4, 0.5) is 4.79 Å². The summed E-state index contributed by atoms with van der Waals surface area (Å²) in [5, 5.41) is 11.7. The molecule has 0 unspecified atom stereocenters. The summed E-state index contributed by atoms with van der Waals surface area (Å²) in [6.07, 6.45) is 6.96. The average molecular weight is 327 g/mol. The van der Waals surface area contributed by atoms with Crippen molar-refractivity contribution >= 4 is 23.5 Å².